The highest BCUT2D eigenvalue weighted by Gasteiger charge is 2.31. The van der Waals surface area contributed by atoms with E-state index in [4.69, 9.17) is 0 Å². The molecule has 0 aliphatic carbocycles. The molecule has 1 aliphatic heterocycles. The van der Waals surface area contributed by atoms with Gasteiger partial charge in [0, 0.05) is 24.3 Å². The van der Waals surface area contributed by atoms with E-state index in [1.165, 1.54) is 18.1 Å². The molecule has 0 saturated carbocycles. The molecular weight excluding hydrogens is 312 g/mol. The number of rotatable bonds is 4. The van der Waals surface area contributed by atoms with Crippen molar-refractivity contribution in [1.82, 2.24) is 0 Å². The molecule has 2 aromatic carbocycles. The Labute approximate surface area is 149 Å². The number of carbonyl (C=O) groups excluding carboxylic acids is 2. The summed E-state index contributed by atoms with van der Waals surface area (Å²) in [5, 5.41) is 0. The molecule has 25 heavy (non-hydrogen) atoms. The summed E-state index contributed by atoms with van der Waals surface area (Å²) in [6.07, 6.45) is 1.80. The number of nitrogens with zero attached hydrogens (tertiary/aromatic N) is 2. The van der Waals surface area contributed by atoms with Gasteiger partial charge in [0.2, 0.25) is 11.8 Å². The molecule has 1 unspecified atom stereocenters. The molecular formula is C21H24N2O2. The van der Waals surface area contributed by atoms with Gasteiger partial charge in [0.05, 0.1) is 0 Å². The van der Waals surface area contributed by atoms with Crippen LogP contribution in [-0.4, -0.2) is 24.4 Å². The smallest absolute Gasteiger partial charge is 0.247 e. The number of fused-ring (bicyclic) bond motifs is 1. The highest BCUT2D eigenvalue weighted by molar-refractivity contribution is 6.04. The summed E-state index contributed by atoms with van der Waals surface area (Å²) in [6, 6.07) is 15.9. The zero-order valence-corrected chi connectivity index (χ0v) is 15.0. The van der Waals surface area contributed by atoms with E-state index in [-0.39, 0.29) is 24.4 Å². The summed E-state index contributed by atoms with van der Waals surface area (Å²) in [6.45, 7) is 5.70. The van der Waals surface area contributed by atoms with Gasteiger partial charge in [0.15, 0.2) is 0 Å². The maximum atomic E-state index is 13.0. The van der Waals surface area contributed by atoms with Crippen molar-refractivity contribution in [3.05, 3.63) is 59.7 Å². The second-order valence-corrected chi connectivity index (χ2v) is 6.57. The van der Waals surface area contributed by atoms with Crippen LogP contribution in [0.5, 0.6) is 0 Å². The fourth-order valence-electron chi connectivity index (χ4n) is 3.45. The molecule has 130 valence electrons. The summed E-state index contributed by atoms with van der Waals surface area (Å²) in [5.41, 5.74) is 4.12. The molecule has 0 spiro atoms. The average Bonchev–Trinajstić information content (AvgIpc) is 2.95. The molecule has 2 aromatic rings. The lowest BCUT2D eigenvalue weighted by Crippen LogP contribution is -2.44. The molecule has 1 atom stereocenters. The Hall–Kier alpha value is -2.62. The number of amides is 2. The molecule has 3 rings (SSSR count). The fraction of sp³-hybridized carbons (Fsp3) is 0.333. The third kappa shape index (κ3) is 3.43. The topological polar surface area (TPSA) is 40.6 Å². The molecule has 4 heteroatoms. The number of anilines is 2. The van der Waals surface area contributed by atoms with Crippen LogP contribution < -0.4 is 9.80 Å². The van der Waals surface area contributed by atoms with E-state index < -0.39 is 0 Å². The Kier molecular flexibility index (Phi) is 4.88. The minimum Gasteiger partial charge on any atom is -0.307 e. The van der Waals surface area contributed by atoms with E-state index >= 15 is 0 Å². The Morgan fingerprint density at radius 2 is 1.80 bits per heavy atom. The van der Waals surface area contributed by atoms with Crippen LogP contribution in [0.1, 0.15) is 31.9 Å². The zero-order chi connectivity index (χ0) is 18.0. The minimum atomic E-state index is -0.127. The third-order valence-electron chi connectivity index (χ3n) is 4.81. The van der Waals surface area contributed by atoms with Gasteiger partial charge in [0.25, 0.3) is 0 Å². The van der Waals surface area contributed by atoms with Gasteiger partial charge >= 0.3 is 0 Å². The van der Waals surface area contributed by atoms with E-state index in [0.717, 1.165) is 24.2 Å². The summed E-state index contributed by atoms with van der Waals surface area (Å²) in [7, 11) is 0. The molecule has 2 amide bonds. The van der Waals surface area contributed by atoms with E-state index in [2.05, 4.69) is 13.0 Å². The first-order valence-corrected chi connectivity index (χ1v) is 8.78. The average molecular weight is 336 g/mol. The highest BCUT2D eigenvalue weighted by atomic mass is 16.2. The predicted molar refractivity (Wildman–Crippen MR) is 101 cm³/mol. The first kappa shape index (κ1) is 17.2. The first-order chi connectivity index (χ1) is 12.0. The summed E-state index contributed by atoms with van der Waals surface area (Å²) < 4.78 is 0. The first-order valence-electron chi connectivity index (χ1n) is 8.78. The predicted octanol–water partition coefficient (Wildman–Crippen LogP) is 3.58. The third-order valence-corrected chi connectivity index (χ3v) is 4.81. The van der Waals surface area contributed by atoms with Crippen molar-refractivity contribution in [2.24, 2.45) is 0 Å². The van der Waals surface area contributed by atoms with Gasteiger partial charge < -0.3 is 9.80 Å². The van der Waals surface area contributed by atoms with E-state index in [0.29, 0.717) is 0 Å². The summed E-state index contributed by atoms with van der Waals surface area (Å²) >= 11 is 0. The second kappa shape index (κ2) is 7.09. The van der Waals surface area contributed by atoms with E-state index in [1.54, 1.807) is 4.90 Å². The number of hydrogen-bond acceptors (Lipinski definition) is 2. The van der Waals surface area contributed by atoms with Crippen LogP contribution >= 0.6 is 0 Å². The number of para-hydroxylation sites is 1. The Bertz CT molecular complexity index is 783. The normalized spacial score (nSPS) is 15.8. The highest BCUT2D eigenvalue weighted by Crippen LogP contribution is 2.32. The monoisotopic (exact) mass is 336 g/mol. The van der Waals surface area contributed by atoms with Crippen LogP contribution in [0.25, 0.3) is 0 Å². The molecule has 0 fully saturated rings. The molecule has 1 heterocycles. The van der Waals surface area contributed by atoms with Crippen molar-refractivity contribution in [1.29, 1.82) is 0 Å². The number of carbonyl (C=O) groups is 2. The Balaban J connectivity index is 1.83. The van der Waals surface area contributed by atoms with E-state index in [9.17, 15) is 9.59 Å². The number of aryl methyl sites for hydroxylation is 1. The number of benzene rings is 2. The van der Waals surface area contributed by atoms with Crippen LogP contribution in [0.15, 0.2) is 48.5 Å². The Morgan fingerprint density at radius 3 is 2.44 bits per heavy atom. The zero-order valence-electron chi connectivity index (χ0n) is 15.0. The fourth-order valence-corrected chi connectivity index (χ4v) is 3.45. The van der Waals surface area contributed by atoms with Gasteiger partial charge in [-0.3, -0.25) is 9.59 Å². The van der Waals surface area contributed by atoms with Crippen molar-refractivity contribution < 1.29 is 9.59 Å². The van der Waals surface area contributed by atoms with Crippen LogP contribution in [0.3, 0.4) is 0 Å². The number of hydrogen-bond donors (Lipinski definition) is 0. The molecule has 0 radical (unpaired) electrons. The second-order valence-electron chi connectivity index (χ2n) is 6.57. The van der Waals surface area contributed by atoms with Crippen molar-refractivity contribution >= 4 is 23.2 Å². The van der Waals surface area contributed by atoms with E-state index in [1.807, 2.05) is 54.3 Å². The van der Waals surface area contributed by atoms with Crippen molar-refractivity contribution in [2.75, 3.05) is 16.3 Å². The lowest BCUT2D eigenvalue weighted by molar-refractivity contribution is -0.121. The van der Waals surface area contributed by atoms with Crippen LogP contribution in [0.4, 0.5) is 11.4 Å². The van der Waals surface area contributed by atoms with Gasteiger partial charge in [-0.05, 0) is 49.1 Å². The minimum absolute atomic E-state index is 0.0489. The lowest BCUT2D eigenvalue weighted by atomic mass is 10.1. The van der Waals surface area contributed by atoms with Gasteiger partial charge in [0.1, 0.15) is 6.54 Å². The standard InChI is InChI=1S/C21H24N2O2/c1-4-17-9-11-19(12-10-17)22(16(3)24)14-21(25)23-15(2)13-18-7-5-6-8-20(18)23/h5-12,15H,4,13-14H2,1-3H3. The largest absolute Gasteiger partial charge is 0.307 e. The van der Waals surface area contributed by atoms with Crippen molar-refractivity contribution in [3.8, 4) is 0 Å². The molecule has 1 aliphatic rings. The molecule has 4 nitrogen and oxygen atoms in total. The van der Waals surface area contributed by atoms with Gasteiger partial charge in [-0.15, -0.1) is 0 Å². The maximum absolute atomic E-state index is 13.0. The van der Waals surface area contributed by atoms with Gasteiger partial charge in [-0.2, -0.15) is 0 Å². The van der Waals surface area contributed by atoms with Crippen molar-refractivity contribution in [3.63, 3.8) is 0 Å². The molecule has 0 bridgehead atoms. The van der Waals surface area contributed by atoms with Crippen LogP contribution in [-0.2, 0) is 22.4 Å². The lowest BCUT2D eigenvalue weighted by Gasteiger charge is -2.27. The summed E-state index contributed by atoms with van der Waals surface area (Å²) in [4.78, 5) is 28.5. The van der Waals surface area contributed by atoms with Crippen molar-refractivity contribution in [2.45, 2.75) is 39.7 Å². The quantitative estimate of drug-likeness (QED) is 0.856. The van der Waals surface area contributed by atoms with Crippen LogP contribution in [0.2, 0.25) is 0 Å². The maximum Gasteiger partial charge on any atom is 0.247 e. The van der Waals surface area contributed by atoms with Crippen LogP contribution in [0, 0.1) is 0 Å². The molecule has 0 saturated heterocycles. The molecule has 0 aromatic heterocycles. The molecule has 0 N–H and O–H groups in total. The van der Waals surface area contributed by atoms with Gasteiger partial charge in [-0.25, -0.2) is 0 Å². The SMILES string of the molecule is CCc1ccc(N(CC(=O)N2c3ccccc3CC2C)C(C)=O)cc1. The summed E-state index contributed by atoms with van der Waals surface area (Å²) in [5.74, 6) is -0.176. The Morgan fingerprint density at radius 1 is 1.12 bits per heavy atom. The van der Waals surface area contributed by atoms with Gasteiger partial charge in [-0.1, -0.05) is 37.3 Å².